The van der Waals surface area contributed by atoms with E-state index in [0.29, 0.717) is 48.3 Å². The third kappa shape index (κ3) is 7.03. The van der Waals surface area contributed by atoms with Gasteiger partial charge in [0, 0.05) is 49.5 Å². The van der Waals surface area contributed by atoms with Crippen LogP contribution in [0.2, 0.25) is 0 Å². The Hall–Kier alpha value is -4.42. The van der Waals surface area contributed by atoms with Gasteiger partial charge in [-0.2, -0.15) is 9.67 Å². The van der Waals surface area contributed by atoms with Crippen LogP contribution in [0.1, 0.15) is 60.8 Å². The zero-order chi connectivity index (χ0) is 31.5. The second-order valence-corrected chi connectivity index (χ2v) is 12.6. The SMILES string of the molecule is CC(=O)N1[C@H](C)CN(c2cc(-n3nc(Nc4ccc(NC(=O)O[C@@H]5CC[C@H](C)C[C@H]5C(C)C)cc4)nc3N)ncn2)C[C@@H]1C. The van der Waals surface area contributed by atoms with Gasteiger partial charge in [0.25, 0.3) is 0 Å². The van der Waals surface area contributed by atoms with Crippen LogP contribution in [-0.2, 0) is 9.53 Å². The van der Waals surface area contributed by atoms with Gasteiger partial charge in [-0.1, -0.05) is 20.8 Å². The first-order chi connectivity index (χ1) is 21.0. The summed E-state index contributed by atoms with van der Waals surface area (Å²) in [5.41, 5.74) is 7.56. The van der Waals surface area contributed by atoms with Crippen LogP contribution in [0, 0.1) is 17.8 Å². The Morgan fingerprint density at radius 2 is 1.66 bits per heavy atom. The van der Waals surface area contributed by atoms with Crippen LogP contribution in [0.15, 0.2) is 36.7 Å². The van der Waals surface area contributed by atoms with Crippen LogP contribution in [0.4, 0.5) is 33.9 Å². The molecular formula is C31H44N10O3. The van der Waals surface area contributed by atoms with E-state index in [1.807, 2.05) is 36.9 Å². The number of carbonyl (C=O) groups is 2. The highest BCUT2D eigenvalue weighted by Crippen LogP contribution is 2.35. The Labute approximate surface area is 258 Å². The number of nitrogen functional groups attached to an aromatic ring is 1. The van der Waals surface area contributed by atoms with Gasteiger partial charge in [-0.05, 0) is 75.1 Å². The molecule has 2 fully saturated rings. The Kier molecular flexibility index (Phi) is 9.21. The van der Waals surface area contributed by atoms with Gasteiger partial charge in [-0.3, -0.25) is 10.1 Å². The van der Waals surface area contributed by atoms with Gasteiger partial charge >= 0.3 is 6.09 Å². The van der Waals surface area contributed by atoms with Crippen molar-refractivity contribution in [1.29, 1.82) is 0 Å². The lowest BCUT2D eigenvalue weighted by Crippen LogP contribution is -2.58. The van der Waals surface area contributed by atoms with Crippen LogP contribution in [0.3, 0.4) is 0 Å². The molecule has 236 valence electrons. The molecule has 2 aliphatic rings. The summed E-state index contributed by atoms with van der Waals surface area (Å²) in [5, 5.41) is 10.5. The molecule has 1 saturated carbocycles. The van der Waals surface area contributed by atoms with Gasteiger partial charge in [0.05, 0.1) is 0 Å². The summed E-state index contributed by atoms with van der Waals surface area (Å²) < 4.78 is 7.29. The second kappa shape index (κ2) is 13.1. The first-order valence-corrected chi connectivity index (χ1v) is 15.4. The molecule has 4 N–H and O–H groups in total. The standard InChI is InChI=1S/C31H44N10O3/c1-18(2)25-13-19(3)7-12-26(25)44-31(43)36-24-10-8-23(9-11-24)35-30-37-29(32)41(38-30)28-14-27(33-17-34-28)39-15-20(4)40(22(6)42)21(5)16-39/h8-11,14,17-21,25-26H,7,12-13,15-16H2,1-6H3,(H,36,43)(H3,32,35,37,38)/t19-,20-,21+,25-,26+/m0/s1. The highest BCUT2D eigenvalue weighted by atomic mass is 16.6. The summed E-state index contributed by atoms with van der Waals surface area (Å²) in [6.45, 7) is 13.6. The zero-order valence-electron chi connectivity index (χ0n) is 26.4. The third-order valence-electron chi connectivity index (χ3n) is 8.69. The minimum atomic E-state index is -0.432. The molecule has 2 aromatic heterocycles. The number of carbonyl (C=O) groups excluding carboxylic acids is 2. The van der Waals surface area contributed by atoms with Crippen LogP contribution in [-0.4, -0.2) is 72.9 Å². The van der Waals surface area contributed by atoms with Crippen molar-refractivity contribution in [2.24, 2.45) is 17.8 Å². The molecule has 13 nitrogen and oxygen atoms in total. The average molecular weight is 605 g/mol. The van der Waals surface area contributed by atoms with Crippen molar-refractivity contribution in [3.63, 3.8) is 0 Å². The minimum Gasteiger partial charge on any atom is -0.446 e. The minimum absolute atomic E-state index is 0.0483. The largest absolute Gasteiger partial charge is 0.446 e. The Bertz CT molecular complexity index is 1450. The van der Waals surface area contributed by atoms with Gasteiger partial charge in [0.15, 0.2) is 5.82 Å². The number of aromatic nitrogens is 5. The van der Waals surface area contributed by atoms with Crippen molar-refractivity contribution in [2.45, 2.75) is 79.0 Å². The van der Waals surface area contributed by atoms with E-state index in [1.54, 1.807) is 19.1 Å². The topological polar surface area (TPSA) is 156 Å². The molecule has 0 bridgehead atoms. The summed E-state index contributed by atoms with van der Waals surface area (Å²) in [6.07, 6.45) is 4.04. The molecule has 0 radical (unpaired) electrons. The molecule has 0 unspecified atom stereocenters. The molecule has 1 saturated heterocycles. The highest BCUT2D eigenvalue weighted by molar-refractivity contribution is 5.85. The van der Waals surface area contributed by atoms with Crippen LogP contribution >= 0.6 is 0 Å². The summed E-state index contributed by atoms with van der Waals surface area (Å²) >= 11 is 0. The number of nitrogens with one attached hydrogen (secondary N) is 2. The first-order valence-electron chi connectivity index (χ1n) is 15.4. The molecule has 13 heteroatoms. The van der Waals surface area contributed by atoms with Crippen LogP contribution < -0.4 is 21.3 Å². The predicted octanol–water partition coefficient (Wildman–Crippen LogP) is 4.84. The Balaban J connectivity index is 1.20. The molecule has 1 aliphatic heterocycles. The fraction of sp³-hybridized carbons (Fsp3) is 0.548. The molecule has 1 aliphatic carbocycles. The smallest absolute Gasteiger partial charge is 0.411 e. The van der Waals surface area contributed by atoms with Crippen molar-refractivity contribution in [2.75, 3.05) is 34.4 Å². The molecular weight excluding hydrogens is 560 g/mol. The lowest BCUT2D eigenvalue weighted by molar-refractivity contribution is -0.133. The van der Waals surface area contributed by atoms with E-state index >= 15 is 0 Å². The molecule has 3 heterocycles. The number of rotatable bonds is 7. The Morgan fingerprint density at radius 1 is 1.00 bits per heavy atom. The highest BCUT2D eigenvalue weighted by Gasteiger charge is 2.34. The number of nitrogens with two attached hydrogens (primary N) is 1. The zero-order valence-corrected chi connectivity index (χ0v) is 26.4. The Morgan fingerprint density at radius 3 is 2.32 bits per heavy atom. The quantitative estimate of drug-likeness (QED) is 0.341. The monoisotopic (exact) mass is 604 g/mol. The van der Waals surface area contributed by atoms with Crippen LogP contribution in [0.25, 0.3) is 5.82 Å². The number of piperazine rings is 1. The lowest BCUT2D eigenvalue weighted by atomic mass is 9.75. The van der Waals surface area contributed by atoms with E-state index in [4.69, 9.17) is 10.5 Å². The van der Waals surface area contributed by atoms with Gasteiger partial charge in [-0.15, -0.1) is 5.10 Å². The lowest BCUT2D eigenvalue weighted by Gasteiger charge is -2.44. The second-order valence-electron chi connectivity index (χ2n) is 12.6. The van der Waals surface area contributed by atoms with E-state index in [9.17, 15) is 9.59 Å². The average Bonchev–Trinajstić information content (AvgIpc) is 3.34. The van der Waals surface area contributed by atoms with E-state index in [0.717, 1.165) is 30.8 Å². The van der Waals surface area contributed by atoms with Gasteiger partial charge in [0.2, 0.25) is 17.8 Å². The number of nitrogens with zero attached hydrogens (tertiary/aromatic N) is 7. The molecule has 2 amide bonds. The summed E-state index contributed by atoms with van der Waals surface area (Å²) in [7, 11) is 0. The molecule has 3 aromatic rings. The summed E-state index contributed by atoms with van der Waals surface area (Å²) in [6, 6.07) is 9.12. The summed E-state index contributed by atoms with van der Waals surface area (Å²) in [4.78, 5) is 41.9. The third-order valence-corrected chi connectivity index (χ3v) is 8.69. The van der Waals surface area contributed by atoms with E-state index in [-0.39, 0.29) is 30.0 Å². The fourth-order valence-corrected chi connectivity index (χ4v) is 6.60. The van der Waals surface area contributed by atoms with E-state index < -0.39 is 6.09 Å². The predicted molar refractivity (Wildman–Crippen MR) is 170 cm³/mol. The van der Waals surface area contributed by atoms with Gasteiger partial charge in [-0.25, -0.2) is 14.8 Å². The maximum absolute atomic E-state index is 12.7. The van der Waals surface area contributed by atoms with Crippen molar-refractivity contribution >= 4 is 41.1 Å². The molecule has 5 atom stereocenters. The van der Waals surface area contributed by atoms with E-state index in [2.05, 4.69) is 56.4 Å². The molecule has 1 aromatic carbocycles. The normalized spacial score (nSPS) is 23.8. The van der Waals surface area contributed by atoms with Crippen molar-refractivity contribution < 1.29 is 14.3 Å². The maximum Gasteiger partial charge on any atom is 0.411 e. The molecule has 0 spiro atoms. The number of hydrogen-bond acceptors (Lipinski definition) is 10. The first kappa shape index (κ1) is 31.0. The molecule has 5 rings (SSSR count). The number of amides is 2. The van der Waals surface area contributed by atoms with Crippen molar-refractivity contribution in [3.8, 4) is 5.82 Å². The number of ether oxygens (including phenoxy) is 1. The number of benzene rings is 1. The summed E-state index contributed by atoms with van der Waals surface area (Å²) in [5.74, 6) is 3.24. The molecule has 44 heavy (non-hydrogen) atoms. The maximum atomic E-state index is 12.7. The van der Waals surface area contributed by atoms with E-state index in [1.165, 1.54) is 11.0 Å². The fourth-order valence-electron chi connectivity index (χ4n) is 6.60. The number of hydrogen-bond donors (Lipinski definition) is 3. The van der Waals surface area contributed by atoms with Gasteiger partial charge < -0.3 is 25.6 Å². The van der Waals surface area contributed by atoms with Crippen molar-refractivity contribution in [3.05, 3.63) is 36.7 Å². The van der Waals surface area contributed by atoms with Crippen LogP contribution in [0.5, 0.6) is 0 Å². The van der Waals surface area contributed by atoms with Crippen molar-refractivity contribution in [1.82, 2.24) is 29.6 Å². The van der Waals surface area contributed by atoms with Gasteiger partial charge in [0.1, 0.15) is 18.2 Å². The number of anilines is 5.